The van der Waals surface area contributed by atoms with E-state index in [1.54, 1.807) is 0 Å². The second-order valence-corrected chi connectivity index (χ2v) is 7.15. The van der Waals surface area contributed by atoms with Crippen LogP contribution < -0.4 is 5.32 Å². The molecule has 1 atom stereocenters. The first-order chi connectivity index (χ1) is 11.5. The molecule has 0 saturated carbocycles. The number of piperazine rings is 1. The largest absolute Gasteiger partial charge is 0.339 e. The first-order valence-corrected chi connectivity index (χ1v) is 8.72. The third-order valence-electron chi connectivity index (χ3n) is 4.69. The van der Waals surface area contributed by atoms with E-state index < -0.39 is 0 Å². The first-order valence-electron chi connectivity index (χ1n) is 8.72. The normalized spacial score (nSPS) is 19.3. The van der Waals surface area contributed by atoms with E-state index in [9.17, 15) is 0 Å². The van der Waals surface area contributed by atoms with Crippen LogP contribution in [0.2, 0.25) is 0 Å². The Balaban J connectivity index is 1.76. The van der Waals surface area contributed by atoms with E-state index >= 15 is 0 Å². The lowest BCUT2D eigenvalue weighted by molar-refractivity contribution is 0.190. The van der Waals surface area contributed by atoms with Crippen molar-refractivity contribution < 1.29 is 4.52 Å². The summed E-state index contributed by atoms with van der Waals surface area (Å²) in [7, 11) is 2.10. The van der Waals surface area contributed by atoms with Gasteiger partial charge >= 0.3 is 0 Å². The van der Waals surface area contributed by atoms with Crippen LogP contribution in [-0.4, -0.2) is 51.5 Å². The van der Waals surface area contributed by atoms with Gasteiger partial charge in [0.15, 0.2) is 5.82 Å². The van der Waals surface area contributed by atoms with Crippen LogP contribution in [0.15, 0.2) is 4.52 Å². The Morgan fingerprint density at radius 1 is 1.33 bits per heavy atom. The summed E-state index contributed by atoms with van der Waals surface area (Å²) in [4.78, 5) is 6.90. The predicted molar refractivity (Wildman–Crippen MR) is 91.9 cm³/mol. The molecule has 1 fully saturated rings. The summed E-state index contributed by atoms with van der Waals surface area (Å²) >= 11 is 0. The van der Waals surface area contributed by atoms with E-state index in [1.165, 1.54) is 11.3 Å². The van der Waals surface area contributed by atoms with Gasteiger partial charge in [0.05, 0.1) is 18.2 Å². The van der Waals surface area contributed by atoms with Crippen molar-refractivity contribution in [2.24, 2.45) is 5.92 Å². The van der Waals surface area contributed by atoms with Gasteiger partial charge in [0.1, 0.15) is 0 Å². The van der Waals surface area contributed by atoms with Gasteiger partial charge < -0.3 is 9.84 Å². The molecule has 3 rings (SSSR count). The molecule has 2 aromatic heterocycles. The van der Waals surface area contributed by atoms with E-state index in [1.807, 2.05) is 0 Å². The fourth-order valence-corrected chi connectivity index (χ4v) is 3.23. The van der Waals surface area contributed by atoms with Crippen molar-refractivity contribution in [3.63, 3.8) is 0 Å². The van der Waals surface area contributed by atoms with Gasteiger partial charge in [-0.05, 0) is 26.8 Å². The number of aromatic nitrogens is 4. The number of nitrogens with one attached hydrogen (secondary N) is 1. The molecule has 2 aromatic rings. The highest BCUT2D eigenvalue weighted by Gasteiger charge is 2.25. The molecule has 0 aliphatic carbocycles. The van der Waals surface area contributed by atoms with E-state index in [2.05, 4.69) is 64.9 Å². The number of nitrogens with zero attached hydrogens (tertiary/aromatic N) is 5. The van der Waals surface area contributed by atoms with Gasteiger partial charge in [-0.2, -0.15) is 10.1 Å². The summed E-state index contributed by atoms with van der Waals surface area (Å²) in [6.07, 6.45) is 0.645. The molecule has 132 valence electrons. The predicted octanol–water partition coefficient (Wildman–Crippen LogP) is 1.71. The van der Waals surface area contributed by atoms with Crippen LogP contribution in [0, 0.1) is 19.8 Å². The van der Waals surface area contributed by atoms with Crippen LogP contribution in [0.1, 0.15) is 48.6 Å². The maximum absolute atomic E-state index is 5.52. The molecule has 1 aliphatic rings. The van der Waals surface area contributed by atoms with E-state index in [0.29, 0.717) is 18.2 Å². The fraction of sp³-hybridized carbons (Fsp3) is 0.706. The van der Waals surface area contributed by atoms with Crippen molar-refractivity contribution in [2.45, 2.75) is 46.7 Å². The SMILES string of the molecule is Cc1nn(CC(C)C)c(C)c1Cc1nc(C2CNCCN2C)no1. The fourth-order valence-electron chi connectivity index (χ4n) is 3.23. The highest BCUT2D eigenvalue weighted by atomic mass is 16.5. The summed E-state index contributed by atoms with van der Waals surface area (Å²) in [6.45, 7) is 12.4. The minimum Gasteiger partial charge on any atom is -0.339 e. The summed E-state index contributed by atoms with van der Waals surface area (Å²) in [5.74, 6) is 2.00. The number of hydrogen-bond acceptors (Lipinski definition) is 6. The lowest BCUT2D eigenvalue weighted by atomic mass is 10.1. The number of likely N-dealkylation sites (N-methyl/N-ethyl adjacent to an activating group) is 1. The molecule has 0 radical (unpaired) electrons. The van der Waals surface area contributed by atoms with Crippen LogP contribution >= 0.6 is 0 Å². The van der Waals surface area contributed by atoms with Crippen molar-refractivity contribution in [3.05, 3.63) is 28.7 Å². The van der Waals surface area contributed by atoms with E-state index in [0.717, 1.165) is 37.7 Å². The van der Waals surface area contributed by atoms with Crippen LogP contribution in [0.4, 0.5) is 0 Å². The summed E-state index contributed by atoms with van der Waals surface area (Å²) < 4.78 is 7.61. The Hall–Kier alpha value is -1.73. The summed E-state index contributed by atoms with van der Waals surface area (Å²) in [6, 6.07) is 0.183. The minimum atomic E-state index is 0.183. The van der Waals surface area contributed by atoms with Gasteiger partial charge in [-0.3, -0.25) is 9.58 Å². The summed E-state index contributed by atoms with van der Waals surface area (Å²) in [5.41, 5.74) is 3.43. The lowest BCUT2D eigenvalue weighted by Crippen LogP contribution is -2.44. The standard InChI is InChI=1S/C17H28N6O/c1-11(2)10-23-13(4)14(12(3)20-23)8-16-19-17(21-24-16)15-9-18-6-7-22(15)5/h11,15,18H,6-10H2,1-5H3. The molecule has 0 amide bonds. The number of rotatable bonds is 5. The van der Waals surface area contributed by atoms with Crippen molar-refractivity contribution in [1.29, 1.82) is 0 Å². The minimum absolute atomic E-state index is 0.183. The maximum Gasteiger partial charge on any atom is 0.231 e. The van der Waals surface area contributed by atoms with Crippen molar-refractivity contribution >= 4 is 0 Å². The third kappa shape index (κ3) is 3.52. The number of hydrogen-bond donors (Lipinski definition) is 1. The molecule has 1 saturated heterocycles. The Bertz CT molecular complexity index is 689. The first kappa shape index (κ1) is 17.1. The molecule has 0 spiro atoms. The van der Waals surface area contributed by atoms with Gasteiger partial charge in [0.25, 0.3) is 0 Å². The molecule has 0 bridgehead atoms. The smallest absolute Gasteiger partial charge is 0.231 e. The Morgan fingerprint density at radius 3 is 2.83 bits per heavy atom. The molecule has 3 heterocycles. The van der Waals surface area contributed by atoms with Crippen LogP contribution in [0.3, 0.4) is 0 Å². The topological polar surface area (TPSA) is 72.0 Å². The van der Waals surface area contributed by atoms with Crippen LogP contribution in [-0.2, 0) is 13.0 Å². The lowest BCUT2D eigenvalue weighted by Gasteiger charge is -2.30. The highest BCUT2D eigenvalue weighted by Crippen LogP contribution is 2.21. The molecule has 7 heteroatoms. The molecule has 1 N–H and O–H groups in total. The van der Waals surface area contributed by atoms with Gasteiger partial charge in [0, 0.05) is 37.4 Å². The maximum atomic E-state index is 5.52. The number of aryl methyl sites for hydroxylation is 1. The molecular formula is C17H28N6O. The van der Waals surface area contributed by atoms with E-state index in [-0.39, 0.29) is 6.04 Å². The molecule has 24 heavy (non-hydrogen) atoms. The third-order valence-corrected chi connectivity index (χ3v) is 4.69. The molecule has 7 nitrogen and oxygen atoms in total. The average Bonchev–Trinajstić information content (AvgIpc) is 3.08. The second kappa shape index (κ2) is 7.03. The van der Waals surface area contributed by atoms with Crippen molar-refractivity contribution in [3.8, 4) is 0 Å². The van der Waals surface area contributed by atoms with E-state index in [4.69, 9.17) is 4.52 Å². The van der Waals surface area contributed by atoms with Gasteiger partial charge in [-0.25, -0.2) is 0 Å². The Morgan fingerprint density at radius 2 is 2.12 bits per heavy atom. The molecule has 1 unspecified atom stereocenters. The van der Waals surface area contributed by atoms with Crippen molar-refractivity contribution in [1.82, 2.24) is 30.1 Å². The van der Waals surface area contributed by atoms with Gasteiger partial charge in [-0.15, -0.1) is 0 Å². The second-order valence-electron chi connectivity index (χ2n) is 7.15. The average molecular weight is 332 g/mol. The monoisotopic (exact) mass is 332 g/mol. The van der Waals surface area contributed by atoms with Gasteiger partial charge in [0.2, 0.25) is 5.89 Å². The molecule has 0 aromatic carbocycles. The van der Waals surface area contributed by atoms with Crippen molar-refractivity contribution in [2.75, 3.05) is 26.7 Å². The van der Waals surface area contributed by atoms with Crippen LogP contribution in [0.5, 0.6) is 0 Å². The zero-order valence-electron chi connectivity index (χ0n) is 15.3. The Kier molecular flexibility index (Phi) is 5.01. The van der Waals surface area contributed by atoms with Crippen LogP contribution in [0.25, 0.3) is 0 Å². The zero-order chi connectivity index (χ0) is 17.3. The molecular weight excluding hydrogens is 304 g/mol. The van der Waals surface area contributed by atoms with Gasteiger partial charge in [-0.1, -0.05) is 19.0 Å². The molecule has 1 aliphatic heterocycles. The quantitative estimate of drug-likeness (QED) is 0.899. The highest BCUT2D eigenvalue weighted by molar-refractivity contribution is 5.27. The summed E-state index contributed by atoms with van der Waals surface area (Å²) in [5, 5.41) is 12.3. The zero-order valence-corrected chi connectivity index (χ0v) is 15.3. The Labute approximate surface area is 143 Å².